The molecule has 0 amide bonds. The van der Waals surface area contributed by atoms with Crippen molar-refractivity contribution in [2.24, 2.45) is 0 Å². The van der Waals surface area contributed by atoms with Gasteiger partial charge < -0.3 is 14.2 Å². The molecule has 3 aliphatic rings. The van der Waals surface area contributed by atoms with Crippen LogP contribution in [0.25, 0.3) is 99.1 Å². The van der Waals surface area contributed by atoms with Gasteiger partial charge in [-0.25, -0.2) is 0 Å². The molecule has 0 bridgehead atoms. The molecule has 0 spiro atoms. The van der Waals surface area contributed by atoms with Crippen molar-refractivity contribution in [2.75, 3.05) is 19.8 Å². The van der Waals surface area contributed by atoms with Crippen LogP contribution in [-0.4, -0.2) is 19.8 Å². The van der Waals surface area contributed by atoms with Gasteiger partial charge in [-0.05, 0) is 190 Å². The average Bonchev–Trinajstić information content (AvgIpc) is 1.47. The molecule has 3 nitrogen and oxygen atoms in total. The summed E-state index contributed by atoms with van der Waals surface area (Å²) in [5.74, 6) is 2.77. The third-order valence-electron chi connectivity index (χ3n) is 19.7. The lowest BCUT2D eigenvalue weighted by Gasteiger charge is -2.24. The number of fused-ring (bicyclic) bond motifs is 15. The Morgan fingerprint density at radius 1 is 0.250 bits per heavy atom. The zero-order valence-electron chi connectivity index (χ0n) is 51.4. The van der Waals surface area contributed by atoms with Crippen LogP contribution in [0.5, 0.6) is 17.2 Å². The molecule has 0 aliphatic heterocycles. The minimum absolute atomic E-state index is 0.153. The molecular weight excluding hydrogens is 1020 g/mol. The Kier molecular flexibility index (Phi) is 14.8. The van der Waals surface area contributed by atoms with Gasteiger partial charge in [0.15, 0.2) is 0 Å². The summed E-state index contributed by atoms with van der Waals surface area (Å²) in [7, 11) is 0. The smallest absolute Gasteiger partial charge is 0.127 e. The largest absolute Gasteiger partial charge is 0.493 e. The minimum atomic E-state index is -0.153. The zero-order valence-corrected chi connectivity index (χ0v) is 51.4. The van der Waals surface area contributed by atoms with Crippen molar-refractivity contribution in [1.29, 1.82) is 0 Å². The van der Waals surface area contributed by atoms with Gasteiger partial charge in [-0.2, -0.15) is 0 Å². The molecule has 10 aromatic rings. The van der Waals surface area contributed by atoms with Crippen LogP contribution < -0.4 is 14.2 Å². The van der Waals surface area contributed by atoms with Gasteiger partial charge in [-0.15, -0.1) is 0 Å². The average molecular weight is 1110 g/mol. The topological polar surface area (TPSA) is 27.7 Å². The molecule has 0 atom stereocenters. The summed E-state index contributed by atoms with van der Waals surface area (Å²) in [6.07, 6.45) is 13.6. The molecule has 13 rings (SSSR count). The Hall–Kier alpha value is -7.62. The summed E-state index contributed by atoms with van der Waals surface area (Å²) in [5, 5.41) is 7.07. The summed E-state index contributed by atoms with van der Waals surface area (Å²) in [5.41, 5.74) is 22.6. The van der Waals surface area contributed by atoms with E-state index in [0.717, 1.165) is 72.5 Å². The first-order valence-corrected chi connectivity index (χ1v) is 32.0. The van der Waals surface area contributed by atoms with E-state index in [1.54, 1.807) is 0 Å². The second-order valence-corrected chi connectivity index (χ2v) is 26.2. The Morgan fingerprint density at radius 2 is 0.512 bits per heavy atom. The molecule has 0 radical (unpaired) electrons. The summed E-state index contributed by atoms with van der Waals surface area (Å²) in [6, 6.07) is 63.1. The van der Waals surface area contributed by atoms with E-state index in [2.05, 4.69) is 226 Å². The molecule has 426 valence electrons. The van der Waals surface area contributed by atoms with E-state index in [0.29, 0.717) is 19.8 Å². The molecule has 0 N–H and O–H groups in total. The number of rotatable bonds is 21. The van der Waals surface area contributed by atoms with Crippen molar-refractivity contribution < 1.29 is 14.2 Å². The highest BCUT2D eigenvalue weighted by atomic mass is 16.5. The third kappa shape index (κ3) is 9.50. The number of hydrogen-bond donors (Lipinski definition) is 0. The van der Waals surface area contributed by atoms with Crippen LogP contribution >= 0.6 is 0 Å². The van der Waals surface area contributed by atoms with Crippen molar-refractivity contribution in [3.8, 4) is 84.0 Å². The summed E-state index contributed by atoms with van der Waals surface area (Å²) >= 11 is 0. The molecular formula is C81H84O3. The van der Waals surface area contributed by atoms with Crippen LogP contribution in [-0.2, 0) is 16.2 Å². The Morgan fingerprint density at radius 3 is 0.798 bits per heavy atom. The third-order valence-corrected chi connectivity index (χ3v) is 19.7. The van der Waals surface area contributed by atoms with Crippen LogP contribution in [0, 0.1) is 0 Å². The zero-order chi connectivity index (χ0) is 57.9. The van der Waals surface area contributed by atoms with E-state index in [-0.39, 0.29) is 16.2 Å². The number of hydrogen-bond acceptors (Lipinski definition) is 3. The quantitative estimate of drug-likeness (QED) is 0.0530. The van der Waals surface area contributed by atoms with Gasteiger partial charge in [0.25, 0.3) is 0 Å². The van der Waals surface area contributed by atoms with Crippen LogP contribution in [0.2, 0.25) is 0 Å². The van der Waals surface area contributed by atoms with Gasteiger partial charge in [-0.3, -0.25) is 0 Å². The molecule has 3 heteroatoms. The van der Waals surface area contributed by atoms with Crippen LogP contribution in [0.4, 0.5) is 0 Å². The number of ether oxygens (including phenoxy) is 3. The molecule has 84 heavy (non-hydrogen) atoms. The molecule has 0 fully saturated rings. The highest BCUT2D eigenvalue weighted by Gasteiger charge is 2.38. The van der Waals surface area contributed by atoms with Crippen molar-refractivity contribution >= 4 is 32.3 Å². The summed E-state index contributed by atoms with van der Waals surface area (Å²) < 4.78 is 21.5. The molecule has 0 unspecified atom stereocenters. The monoisotopic (exact) mass is 1100 g/mol. The minimum Gasteiger partial charge on any atom is -0.493 e. The van der Waals surface area contributed by atoms with Crippen molar-refractivity contribution in [1.82, 2.24) is 0 Å². The summed E-state index contributed by atoms with van der Waals surface area (Å²) in [6.45, 7) is 23.1. The van der Waals surface area contributed by atoms with Gasteiger partial charge in [-0.1, -0.05) is 229 Å². The molecule has 3 aliphatic carbocycles. The van der Waals surface area contributed by atoms with Crippen molar-refractivity contribution in [3.05, 3.63) is 197 Å². The highest BCUT2D eigenvalue weighted by molar-refractivity contribution is 6.28. The van der Waals surface area contributed by atoms with Gasteiger partial charge in [0, 0.05) is 32.9 Å². The second kappa shape index (κ2) is 22.4. The maximum absolute atomic E-state index is 7.18. The lowest BCUT2D eigenvalue weighted by molar-refractivity contribution is 0.306. The SMILES string of the molecule is CCCCCCOc1cc2c(cc1-c1ccc3c(c1)C(C)(C)c1ccccc1-3)c1cc(OCCCCCC)c(-c3ccc4c(c3)C(C)(C)c3ccccc3-4)cc1c1cc(OCCCCCC)c(-c3ccc4c(c3)C(C)(C)c3ccccc3-4)cc21. The number of unbranched alkanes of at least 4 members (excludes halogenated alkanes) is 9. The summed E-state index contributed by atoms with van der Waals surface area (Å²) in [4.78, 5) is 0. The van der Waals surface area contributed by atoms with E-state index in [1.807, 2.05) is 0 Å². The molecule has 0 aromatic heterocycles. The molecule has 10 aromatic carbocycles. The normalized spacial score (nSPS) is 14.5. The lowest BCUT2D eigenvalue weighted by atomic mass is 9.81. The van der Waals surface area contributed by atoms with Gasteiger partial charge in [0.1, 0.15) is 17.2 Å². The standard InChI is InChI=1S/C81H84O3/c1-10-13-16-25-40-82-76-49-67-64(46-61(76)52-34-37-58-55-28-19-22-31-70(55)79(4,5)73(58)43-52)68-50-77(83-41-26-17-14-11-2)63(54-36-39-60-57-30-21-24-33-72(57)81(8,9)75(60)45-54)48-66(68)69-51-78(84-42-27-18-15-12-3)62(47-65(67)69)53-35-38-59-56-29-20-23-32-71(56)80(6,7)74(59)44-53/h19-24,28-39,43-51H,10-18,25-27,40-42H2,1-9H3. The first-order valence-electron chi connectivity index (χ1n) is 32.0. The van der Waals surface area contributed by atoms with Crippen molar-refractivity contribution in [2.45, 2.75) is 156 Å². The molecule has 0 saturated heterocycles. The van der Waals surface area contributed by atoms with Gasteiger partial charge >= 0.3 is 0 Å². The highest BCUT2D eigenvalue weighted by Crippen LogP contribution is 2.55. The first kappa shape index (κ1) is 55.6. The van der Waals surface area contributed by atoms with Crippen molar-refractivity contribution in [3.63, 3.8) is 0 Å². The fourth-order valence-corrected chi connectivity index (χ4v) is 14.9. The Bertz CT molecular complexity index is 3710. The van der Waals surface area contributed by atoms with E-state index in [9.17, 15) is 0 Å². The maximum Gasteiger partial charge on any atom is 0.127 e. The van der Waals surface area contributed by atoms with E-state index < -0.39 is 0 Å². The van der Waals surface area contributed by atoms with E-state index >= 15 is 0 Å². The predicted molar refractivity (Wildman–Crippen MR) is 357 cm³/mol. The fourth-order valence-electron chi connectivity index (χ4n) is 14.9. The molecule has 0 saturated carbocycles. The van der Waals surface area contributed by atoms with E-state index in [4.69, 9.17) is 14.2 Å². The lowest BCUT2D eigenvalue weighted by Crippen LogP contribution is -2.15. The Balaban J connectivity index is 1.09. The van der Waals surface area contributed by atoms with E-state index in [1.165, 1.54) is 154 Å². The fraction of sp³-hybridized carbons (Fsp3) is 0.333. The Labute approximate surface area is 500 Å². The van der Waals surface area contributed by atoms with Gasteiger partial charge in [0.05, 0.1) is 19.8 Å². The second-order valence-electron chi connectivity index (χ2n) is 26.2. The maximum atomic E-state index is 7.18. The number of benzene rings is 10. The van der Waals surface area contributed by atoms with Crippen LogP contribution in [0.1, 0.15) is 173 Å². The first-order chi connectivity index (χ1) is 40.8. The van der Waals surface area contributed by atoms with Crippen LogP contribution in [0.3, 0.4) is 0 Å². The molecule has 0 heterocycles. The van der Waals surface area contributed by atoms with Crippen LogP contribution in [0.15, 0.2) is 164 Å². The predicted octanol–water partition coefficient (Wildman–Crippen LogP) is 22.9. The van der Waals surface area contributed by atoms with Gasteiger partial charge in [0.2, 0.25) is 0 Å².